The molecule has 1 nitrogen and oxygen atoms in total. The van der Waals surface area contributed by atoms with Crippen LogP contribution in [-0.4, -0.2) is 7.05 Å². The third-order valence-electron chi connectivity index (χ3n) is 1.88. The minimum absolute atomic E-state index is 0.515. The summed E-state index contributed by atoms with van der Waals surface area (Å²) in [6.45, 7) is 4.47. The number of nitrogens with one attached hydrogen (secondary N) is 1. The zero-order valence-corrected chi connectivity index (χ0v) is 8.11. The monoisotopic (exact) mass is 169 g/mol. The van der Waals surface area contributed by atoms with Crippen molar-refractivity contribution in [3.63, 3.8) is 0 Å². The third kappa shape index (κ3) is 2.04. The summed E-state index contributed by atoms with van der Waals surface area (Å²) in [4.78, 5) is 0. The fourth-order valence-corrected chi connectivity index (χ4v) is 2.03. The van der Waals surface area contributed by atoms with Crippen molar-refractivity contribution in [1.29, 1.82) is 0 Å². The van der Waals surface area contributed by atoms with E-state index in [1.165, 1.54) is 5.56 Å². The fraction of sp³-hybridized carbons (Fsp3) is 0.556. The Morgan fingerprint density at radius 3 is 2.55 bits per heavy atom. The van der Waals surface area contributed by atoms with Crippen LogP contribution in [0.3, 0.4) is 0 Å². The molecule has 62 valence electrons. The van der Waals surface area contributed by atoms with Gasteiger partial charge in [0, 0.05) is 6.04 Å². The zero-order chi connectivity index (χ0) is 8.27. The molecule has 1 atom stereocenters. The van der Waals surface area contributed by atoms with Crippen LogP contribution in [-0.2, 0) is 0 Å². The van der Waals surface area contributed by atoms with Crippen molar-refractivity contribution in [2.45, 2.75) is 19.9 Å². The van der Waals surface area contributed by atoms with Gasteiger partial charge in [-0.25, -0.2) is 0 Å². The van der Waals surface area contributed by atoms with Crippen LogP contribution in [0.4, 0.5) is 0 Å². The minimum atomic E-state index is 0.515. The molecule has 1 rings (SSSR count). The molecule has 1 unspecified atom stereocenters. The Kier molecular flexibility index (Phi) is 3.09. The van der Waals surface area contributed by atoms with E-state index in [1.807, 2.05) is 7.05 Å². The molecule has 0 aliphatic rings. The van der Waals surface area contributed by atoms with E-state index < -0.39 is 0 Å². The molecule has 0 bridgehead atoms. The van der Waals surface area contributed by atoms with Crippen molar-refractivity contribution in [2.24, 2.45) is 5.92 Å². The van der Waals surface area contributed by atoms with Crippen molar-refractivity contribution < 1.29 is 0 Å². The lowest BCUT2D eigenvalue weighted by molar-refractivity contribution is 0.444. The first-order valence-electron chi connectivity index (χ1n) is 3.95. The van der Waals surface area contributed by atoms with E-state index in [-0.39, 0.29) is 0 Å². The minimum Gasteiger partial charge on any atom is -0.313 e. The Hall–Kier alpha value is -0.340. The van der Waals surface area contributed by atoms with Crippen LogP contribution in [0.5, 0.6) is 0 Å². The van der Waals surface area contributed by atoms with Crippen molar-refractivity contribution in [1.82, 2.24) is 5.32 Å². The molecule has 0 amide bonds. The molecule has 1 aromatic rings. The Bertz CT molecular complexity index is 191. The maximum Gasteiger partial charge on any atom is 0.0349 e. The van der Waals surface area contributed by atoms with E-state index >= 15 is 0 Å². The van der Waals surface area contributed by atoms with Gasteiger partial charge in [0.15, 0.2) is 0 Å². The molecule has 11 heavy (non-hydrogen) atoms. The van der Waals surface area contributed by atoms with Gasteiger partial charge in [-0.15, -0.1) is 0 Å². The smallest absolute Gasteiger partial charge is 0.0349 e. The third-order valence-corrected chi connectivity index (χ3v) is 2.58. The fourth-order valence-electron chi connectivity index (χ4n) is 1.34. The molecule has 0 fully saturated rings. The molecular weight excluding hydrogens is 154 g/mol. The number of rotatable bonds is 3. The molecule has 0 aliphatic heterocycles. The van der Waals surface area contributed by atoms with Crippen LogP contribution < -0.4 is 5.32 Å². The highest BCUT2D eigenvalue weighted by Crippen LogP contribution is 2.22. The molecule has 0 aliphatic carbocycles. The molecule has 0 radical (unpaired) electrons. The predicted octanol–water partition coefficient (Wildman–Crippen LogP) is 2.66. The van der Waals surface area contributed by atoms with Gasteiger partial charge in [0.25, 0.3) is 0 Å². The van der Waals surface area contributed by atoms with E-state index in [2.05, 4.69) is 36.0 Å². The summed E-state index contributed by atoms with van der Waals surface area (Å²) in [7, 11) is 2.02. The van der Waals surface area contributed by atoms with E-state index in [9.17, 15) is 0 Å². The molecule has 2 heteroatoms. The number of thiophene rings is 1. The Morgan fingerprint density at radius 1 is 1.45 bits per heavy atom. The lowest BCUT2D eigenvalue weighted by Crippen LogP contribution is -2.20. The topological polar surface area (TPSA) is 12.0 Å². The normalized spacial score (nSPS) is 13.8. The largest absolute Gasteiger partial charge is 0.313 e. The first-order valence-corrected chi connectivity index (χ1v) is 4.89. The molecule has 1 N–H and O–H groups in total. The molecule has 1 aromatic heterocycles. The van der Waals surface area contributed by atoms with Crippen LogP contribution in [0.25, 0.3) is 0 Å². The maximum absolute atomic E-state index is 3.31. The zero-order valence-electron chi connectivity index (χ0n) is 7.29. The van der Waals surface area contributed by atoms with Gasteiger partial charge < -0.3 is 5.32 Å². The molecule has 0 saturated carbocycles. The van der Waals surface area contributed by atoms with Crippen molar-refractivity contribution in [3.8, 4) is 0 Å². The summed E-state index contributed by atoms with van der Waals surface area (Å²) < 4.78 is 0. The summed E-state index contributed by atoms with van der Waals surface area (Å²) in [5, 5.41) is 7.65. The van der Waals surface area contributed by atoms with Crippen LogP contribution in [0.1, 0.15) is 25.5 Å². The SMILES string of the molecule is CNC(c1ccsc1)C(C)C. The Balaban J connectivity index is 2.71. The van der Waals surface area contributed by atoms with Gasteiger partial charge in [-0.3, -0.25) is 0 Å². The highest BCUT2D eigenvalue weighted by atomic mass is 32.1. The highest BCUT2D eigenvalue weighted by molar-refractivity contribution is 7.07. The van der Waals surface area contributed by atoms with Gasteiger partial charge in [0.05, 0.1) is 0 Å². The van der Waals surface area contributed by atoms with Gasteiger partial charge in [0.2, 0.25) is 0 Å². The average Bonchev–Trinajstić information content (AvgIpc) is 2.40. The standard InChI is InChI=1S/C9H15NS/c1-7(2)9(10-3)8-4-5-11-6-8/h4-7,9-10H,1-3H3. The van der Waals surface area contributed by atoms with E-state index in [0.717, 1.165) is 0 Å². The van der Waals surface area contributed by atoms with Crippen LogP contribution in [0, 0.1) is 5.92 Å². The molecule has 0 spiro atoms. The van der Waals surface area contributed by atoms with E-state index in [0.29, 0.717) is 12.0 Å². The average molecular weight is 169 g/mol. The summed E-state index contributed by atoms with van der Waals surface area (Å²) in [5.41, 5.74) is 1.41. The molecule has 0 saturated heterocycles. The van der Waals surface area contributed by atoms with Crippen molar-refractivity contribution >= 4 is 11.3 Å². The van der Waals surface area contributed by atoms with Crippen LogP contribution in [0.15, 0.2) is 16.8 Å². The Morgan fingerprint density at radius 2 is 2.18 bits per heavy atom. The molecule has 1 heterocycles. The maximum atomic E-state index is 3.31. The molecular formula is C9H15NS. The predicted molar refractivity (Wildman–Crippen MR) is 51.0 cm³/mol. The summed E-state index contributed by atoms with van der Waals surface area (Å²) in [6.07, 6.45) is 0. The van der Waals surface area contributed by atoms with Gasteiger partial charge in [-0.05, 0) is 35.4 Å². The number of hydrogen-bond donors (Lipinski definition) is 1. The number of hydrogen-bond acceptors (Lipinski definition) is 2. The lowest BCUT2D eigenvalue weighted by Gasteiger charge is -2.18. The molecule has 0 aromatic carbocycles. The Labute approximate surface area is 72.4 Å². The van der Waals surface area contributed by atoms with Gasteiger partial charge >= 0.3 is 0 Å². The van der Waals surface area contributed by atoms with Gasteiger partial charge in [-0.1, -0.05) is 13.8 Å². The van der Waals surface area contributed by atoms with Crippen molar-refractivity contribution in [2.75, 3.05) is 7.05 Å². The second-order valence-electron chi connectivity index (χ2n) is 3.07. The van der Waals surface area contributed by atoms with Gasteiger partial charge in [0.1, 0.15) is 0 Å². The van der Waals surface area contributed by atoms with Crippen LogP contribution >= 0.6 is 11.3 Å². The van der Waals surface area contributed by atoms with Crippen molar-refractivity contribution in [3.05, 3.63) is 22.4 Å². The summed E-state index contributed by atoms with van der Waals surface area (Å²) in [6, 6.07) is 2.70. The summed E-state index contributed by atoms with van der Waals surface area (Å²) in [5.74, 6) is 0.662. The van der Waals surface area contributed by atoms with Crippen LogP contribution in [0.2, 0.25) is 0 Å². The van der Waals surface area contributed by atoms with E-state index in [4.69, 9.17) is 0 Å². The lowest BCUT2D eigenvalue weighted by atomic mass is 9.99. The quantitative estimate of drug-likeness (QED) is 0.733. The first-order chi connectivity index (χ1) is 5.25. The van der Waals surface area contributed by atoms with E-state index in [1.54, 1.807) is 11.3 Å². The second kappa shape index (κ2) is 3.88. The second-order valence-corrected chi connectivity index (χ2v) is 3.85. The first kappa shape index (κ1) is 8.75. The summed E-state index contributed by atoms with van der Waals surface area (Å²) >= 11 is 1.76. The highest BCUT2D eigenvalue weighted by Gasteiger charge is 2.12. The van der Waals surface area contributed by atoms with Gasteiger partial charge in [-0.2, -0.15) is 11.3 Å².